The number of benzene rings is 1. The van der Waals surface area contributed by atoms with Crippen LogP contribution in [0.5, 0.6) is 0 Å². The average molecular weight is 363 g/mol. The first-order chi connectivity index (χ1) is 12.3. The number of hydrogen-bond donors (Lipinski definition) is 1. The molecule has 1 aromatic heterocycles. The monoisotopic (exact) mass is 362 g/mol. The lowest BCUT2D eigenvalue weighted by Crippen LogP contribution is -2.47. The number of ether oxygens (including phenoxy) is 1. The fourth-order valence-corrected chi connectivity index (χ4v) is 2.97. The summed E-state index contributed by atoms with van der Waals surface area (Å²) in [6.45, 7) is 5.02. The molecule has 1 aliphatic rings. The molecule has 25 heavy (non-hydrogen) atoms. The first kappa shape index (κ1) is 17.7. The third-order valence-electron chi connectivity index (χ3n) is 4.11. The third kappa shape index (κ3) is 4.93. The molecule has 0 bridgehead atoms. The van der Waals surface area contributed by atoms with E-state index in [1.165, 1.54) is 0 Å². The maximum absolute atomic E-state index is 6.09. The molecule has 0 aliphatic carbocycles. The van der Waals surface area contributed by atoms with E-state index in [9.17, 15) is 0 Å². The summed E-state index contributed by atoms with van der Waals surface area (Å²) in [5, 5.41) is 12.3. The summed E-state index contributed by atoms with van der Waals surface area (Å²) >= 11 is 6.09. The molecule has 1 N–H and O–H groups in total. The number of nitrogens with zero attached hydrogens (tertiary/aromatic N) is 5. The minimum atomic E-state index is 0.669. The van der Waals surface area contributed by atoms with Crippen LogP contribution in [0.25, 0.3) is 0 Å². The largest absolute Gasteiger partial charge is 0.385 e. The Morgan fingerprint density at radius 2 is 2.00 bits per heavy atom. The zero-order valence-electron chi connectivity index (χ0n) is 14.4. The van der Waals surface area contributed by atoms with Crippen LogP contribution in [0, 0.1) is 0 Å². The SMILES string of the molecule is COCCCNc1cnnc(N2CCN(c3cccc(Cl)c3)CC2)n1. The second-order valence-electron chi connectivity index (χ2n) is 5.87. The molecule has 0 spiro atoms. The molecule has 3 rings (SSSR count). The van der Waals surface area contributed by atoms with Crippen molar-refractivity contribution >= 4 is 29.1 Å². The standard InChI is InChI=1S/C17H23ClN6O/c1-25-11-3-6-19-16-13-20-22-17(21-16)24-9-7-23(8-10-24)15-5-2-4-14(18)12-15/h2,4-5,12-13H,3,6-11H2,1H3,(H,19,21,22). The summed E-state index contributed by atoms with van der Waals surface area (Å²) < 4.78 is 5.04. The highest BCUT2D eigenvalue weighted by atomic mass is 35.5. The van der Waals surface area contributed by atoms with Crippen molar-refractivity contribution in [2.24, 2.45) is 0 Å². The van der Waals surface area contributed by atoms with Gasteiger partial charge in [-0.3, -0.25) is 0 Å². The summed E-state index contributed by atoms with van der Waals surface area (Å²) in [4.78, 5) is 9.05. The van der Waals surface area contributed by atoms with Gasteiger partial charge in [-0.15, -0.1) is 5.10 Å². The van der Waals surface area contributed by atoms with E-state index in [1.807, 2.05) is 18.2 Å². The van der Waals surface area contributed by atoms with Gasteiger partial charge in [-0.1, -0.05) is 17.7 Å². The van der Waals surface area contributed by atoms with Crippen LogP contribution in [0.3, 0.4) is 0 Å². The summed E-state index contributed by atoms with van der Waals surface area (Å²) in [5.74, 6) is 1.42. The van der Waals surface area contributed by atoms with Gasteiger partial charge in [0, 0.05) is 57.2 Å². The van der Waals surface area contributed by atoms with Gasteiger partial charge in [-0.05, 0) is 24.6 Å². The molecule has 0 unspecified atom stereocenters. The Labute approximate surface area is 153 Å². The highest BCUT2D eigenvalue weighted by Crippen LogP contribution is 2.21. The smallest absolute Gasteiger partial charge is 0.247 e. The average Bonchev–Trinajstić information content (AvgIpc) is 2.66. The number of hydrogen-bond acceptors (Lipinski definition) is 7. The van der Waals surface area contributed by atoms with Crippen LogP contribution in [0.15, 0.2) is 30.5 Å². The zero-order chi connectivity index (χ0) is 17.5. The van der Waals surface area contributed by atoms with Crippen LogP contribution in [0.4, 0.5) is 17.5 Å². The Morgan fingerprint density at radius 3 is 2.76 bits per heavy atom. The number of nitrogens with one attached hydrogen (secondary N) is 1. The van der Waals surface area contributed by atoms with E-state index in [2.05, 4.69) is 36.4 Å². The highest BCUT2D eigenvalue weighted by molar-refractivity contribution is 6.30. The van der Waals surface area contributed by atoms with E-state index in [0.717, 1.165) is 62.3 Å². The van der Waals surface area contributed by atoms with E-state index < -0.39 is 0 Å². The number of anilines is 3. The van der Waals surface area contributed by atoms with Gasteiger partial charge in [-0.2, -0.15) is 10.1 Å². The second-order valence-corrected chi connectivity index (χ2v) is 6.31. The Kier molecular flexibility index (Phi) is 6.25. The van der Waals surface area contributed by atoms with Crippen molar-refractivity contribution in [3.63, 3.8) is 0 Å². The van der Waals surface area contributed by atoms with Gasteiger partial charge in [0.05, 0.1) is 6.20 Å². The molecule has 0 atom stereocenters. The van der Waals surface area contributed by atoms with Gasteiger partial charge in [0.1, 0.15) is 0 Å². The predicted molar refractivity (Wildman–Crippen MR) is 101 cm³/mol. The number of piperazine rings is 1. The normalized spacial score (nSPS) is 14.6. The van der Waals surface area contributed by atoms with E-state index >= 15 is 0 Å². The van der Waals surface area contributed by atoms with Gasteiger partial charge in [0.25, 0.3) is 0 Å². The van der Waals surface area contributed by atoms with Gasteiger partial charge < -0.3 is 19.9 Å². The van der Waals surface area contributed by atoms with Crippen molar-refractivity contribution in [2.45, 2.75) is 6.42 Å². The summed E-state index contributed by atoms with van der Waals surface area (Å²) in [6.07, 6.45) is 2.58. The lowest BCUT2D eigenvalue weighted by atomic mass is 10.2. The molecule has 2 aromatic rings. The summed E-state index contributed by atoms with van der Waals surface area (Å²) in [5.41, 5.74) is 1.15. The Bertz CT molecular complexity index is 678. The fourth-order valence-electron chi connectivity index (χ4n) is 2.78. The maximum atomic E-state index is 6.09. The zero-order valence-corrected chi connectivity index (χ0v) is 15.1. The van der Waals surface area contributed by atoms with Crippen LogP contribution in [0.1, 0.15) is 6.42 Å². The Balaban J connectivity index is 1.55. The molecule has 2 heterocycles. The highest BCUT2D eigenvalue weighted by Gasteiger charge is 2.20. The number of aromatic nitrogens is 3. The van der Waals surface area contributed by atoms with Crippen LogP contribution in [0.2, 0.25) is 5.02 Å². The molecule has 1 fully saturated rings. The molecule has 134 valence electrons. The van der Waals surface area contributed by atoms with Gasteiger partial charge in [-0.25, -0.2) is 0 Å². The summed E-state index contributed by atoms with van der Waals surface area (Å²) in [7, 11) is 1.70. The predicted octanol–water partition coefficient (Wildman–Crippen LogP) is 2.30. The molecule has 0 amide bonds. The minimum Gasteiger partial charge on any atom is -0.385 e. The lowest BCUT2D eigenvalue weighted by molar-refractivity contribution is 0.197. The van der Waals surface area contributed by atoms with Crippen molar-refractivity contribution < 1.29 is 4.74 Å². The summed E-state index contributed by atoms with van der Waals surface area (Å²) in [6, 6.07) is 7.96. The van der Waals surface area contributed by atoms with Gasteiger partial charge in [0.2, 0.25) is 5.95 Å². The number of rotatable bonds is 7. The van der Waals surface area contributed by atoms with Crippen LogP contribution in [-0.4, -0.2) is 61.6 Å². The number of methoxy groups -OCH3 is 1. The maximum Gasteiger partial charge on any atom is 0.247 e. The molecule has 7 nitrogen and oxygen atoms in total. The molecule has 0 saturated carbocycles. The van der Waals surface area contributed by atoms with Crippen molar-refractivity contribution in [1.29, 1.82) is 0 Å². The number of halogens is 1. The van der Waals surface area contributed by atoms with Crippen LogP contribution >= 0.6 is 11.6 Å². The van der Waals surface area contributed by atoms with Crippen LogP contribution < -0.4 is 15.1 Å². The van der Waals surface area contributed by atoms with Crippen LogP contribution in [-0.2, 0) is 4.74 Å². The molecule has 1 aromatic carbocycles. The first-order valence-electron chi connectivity index (χ1n) is 8.44. The molecule has 8 heteroatoms. The molecule has 1 aliphatic heterocycles. The third-order valence-corrected chi connectivity index (χ3v) is 4.35. The van der Waals surface area contributed by atoms with Crippen molar-refractivity contribution in [3.05, 3.63) is 35.5 Å². The van der Waals surface area contributed by atoms with E-state index in [1.54, 1.807) is 13.3 Å². The van der Waals surface area contributed by atoms with Crippen molar-refractivity contribution in [2.75, 3.05) is 61.6 Å². The first-order valence-corrected chi connectivity index (χ1v) is 8.82. The molecular weight excluding hydrogens is 340 g/mol. The lowest BCUT2D eigenvalue weighted by Gasteiger charge is -2.36. The second kappa shape index (κ2) is 8.82. The van der Waals surface area contributed by atoms with Gasteiger partial charge in [0.15, 0.2) is 5.82 Å². The molecule has 0 radical (unpaired) electrons. The Hall–Kier alpha value is -2.12. The molecular formula is C17H23ClN6O. The van der Waals surface area contributed by atoms with E-state index in [-0.39, 0.29) is 0 Å². The fraction of sp³-hybridized carbons (Fsp3) is 0.471. The Morgan fingerprint density at radius 1 is 1.20 bits per heavy atom. The van der Waals surface area contributed by atoms with E-state index in [0.29, 0.717) is 5.95 Å². The van der Waals surface area contributed by atoms with Crippen molar-refractivity contribution in [1.82, 2.24) is 15.2 Å². The quantitative estimate of drug-likeness (QED) is 0.758. The minimum absolute atomic E-state index is 0.669. The molecule has 1 saturated heterocycles. The van der Waals surface area contributed by atoms with Crippen molar-refractivity contribution in [3.8, 4) is 0 Å². The topological polar surface area (TPSA) is 66.4 Å². The van der Waals surface area contributed by atoms with Gasteiger partial charge >= 0.3 is 0 Å². The van der Waals surface area contributed by atoms with E-state index in [4.69, 9.17) is 16.3 Å².